The number of hydrogen-bond acceptors (Lipinski definition) is 10. The van der Waals surface area contributed by atoms with E-state index in [0.717, 1.165) is 22.6 Å². The van der Waals surface area contributed by atoms with E-state index in [0.29, 0.717) is 28.6 Å². The van der Waals surface area contributed by atoms with Gasteiger partial charge in [-0.1, -0.05) is 30.0 Å². The third-order valence-corrected chi connectivity index (χ3v) is 5.21. The molecule has 4 aromatic rings. The number of nitrogen functional groups attached to an aromatic ring is 2. The zero-order valence-electron chi connectivity index (χ0n) is 16.7. The van der Waals surface area contributed by atoms with Crippen molar-refractivity contribution >= 4 is 29.3 Å². The summed E-state index contributed by atoms with van der Waals surface area (Å²) < 4.78 is 3.04. The molecule has 4 rings (SSSR count). The number of nitrogens with two attached hydrogens (primary N) is 2. The predicted molar refractivity (Wildman–Crippen MR) is 115 cm³/mol. The lowest BCUT2D eigenvalue weighted by atomic mass is 10.2. The number of thioether (sulfide) groups is 1. The fraction of sp³-hybridized carbons (Fsp3) is 0.222. The molecule has 5 N–H and O–H groups in total. The van der Waals surface area contributed by atoms with Crippen LogP contribution >= 0.6 is 11.8 Å². The maximum Gasteiger partial charge on any atom is 0.271 e. The molecule has 0 aliphatic rings. The molecule has 0 radical (unpaired) electrons. The molecule has 0 atom stereocenters. The fourth-order valence-corrected chi connectivity index (χ4v) is 3.57. The number of hydrogen-bond donors (Lipinski definition) is 3. The van der Waals surface area contributed by atoms with Crippen LogP contribution in [0.1, 0.15) is 22.8 Å². The second-order valence-electron chi connectivity index (χ2n) is 6.65. The molecule has 0 unspecified atom stereocenters. The number of nitrogens with zero attached hydrogens (tertiary/aromatic N) is 8. The Hall–Kier alpha value is -3.67. The smallest absolute Gasteiger partial charge is 0.271 e. The van der Waals surface area contributed by atoms with Gasteiger partial charge in [0, 0.05) is 11.4 Å². The summed E-state index contributed by atoms with van der Waals surface area (Å²) in [6.45, 7) is 5.83. The molecule has 0 fully saturated rings. The van der Waals surface area contributed by atoms with E-state index in [1.54, 1.807) is 4.68 Å². The molecule has 0 bridgehead atoms. The normalized spacial score (nSPS) is 11.0. The molecule has 3 aromatic heterocycles. The van der Waals surface area contributed by atoms with Crippen LogP contribution < -0.4 is 16.9 Å². The Kier molecular flexibility index (Phi) is 5.23. The summed E-state index contributed by atoms with van der Waals surface area (Å²) in [5, 5.41) is 16.4. The Morgan fingerprint density at radius 2 is 1.87 bits per heavy atom. The Labute approximate surface area is 176 Å². The third-order valence-electron chi connectivity index (χ3n) is 4.27. The largest absolute Gasteiger partial charge is 0.368 e. The summed E-state index contributed by atoms with van der Waals surface area (Å²) in [6, 6.07) is 9.79. The molecule has 12 heteroatoms. The third kappa shape index (κ3) is 4.03. The molecule has 30 heavy (non-hydrogen) atoms. The lowest BCUT2D eigenvalue weighted by molar-refractivity contribution is 0.727. The SMILES string of the molecule is Cc1cc(C)n(-c2nnc(SCc3nc(N)nc(Nc4ccccc4C)n3)n2N)n1. The summed E-state index contributed by atoms with van der Waals surface area (Å²) in [5.74, 6) is 8.01. The van der Waals surface area contributed by atoms with Gasteiger partial charge in [0.15, 0.2) is 0 Å². The first-order valence-electron chi connectivity index (χ1n) is 9.10. The highest BCUT2D eigenvalue weighted by molar-refractivity contribution is 7.98. The Morgan fingerprint density at radius 3 is 2.60 bits per heavy atom. The molecule has 0 aliphatic heterocycles. The molecule has 0 amide bonds. The average molecular weight is 424 g/mol. The maximum atomic E-state index is 6.18. The molecule has 0 saturated carbocycles. The molecule has 3 heterocycles. The van der Waals surface area contributed by atoms with Crippen molar-refractivity contribution in [2.75, 3.05) is 16.9 Å². The summed E-state index contributed by atoms with van der Waals surface area (Å²) in [4.78, 5) is 12.8. The van der Waals surface area contributed by atoms with E-state index >= 15 is 0 Å². The highest BCUT2D eigenvalue weighted by Gasteiger charge is 2.16. The van der Waals surface area contributed by atoms with Crippen LogP contribution in [0.3, 0.4) is 0 Å². The van der Waals surface area contributed by atoms with Crippen LogP contribution in [0.25, 0.3) is 5.95 Å². The Balaban J connectivity index is 1.51. The van der Waals surface area contributed by atoms with Gasteiger partial charge in [-0.05, 0) is 38.5 Å². The highest BCUT2D eigenvalue weighted by Crippen LogP contribution is 2.22. The summed E-state index contributed by atoms with van der Waals surface area (Å²) in [5.41, 5.74) is 9.63. The van der Waals surface area contributed by atoms with Crippen LogP contribution in [-0.4, -0.2) is 39.6 Å². The molecular formula is C18H21N11S. The first-order valence-corrected chi connectivity index (χ1v) is 10.1. The van der Waals surface area contributed by atoms with E-state index in [1.165, 1.54) is 16.4 Å². The summed E-state index contributed by atoms with van der Waals surface area (Å²) in [6.07, 6.45) is 0. The number of anilines is 3. The van der Waals surface area contributed by atoms with E-state index in [2.05, 4.69) is 35.6 Å². The second-order valence-corrected chi connectivity index (χ2v) is 7.60. The van der Waals surface area contributed by atoms with Crippen molar-refractivity contribution in [2.45, 2.75) is 31.7 Å². The molecule has 154 valence electrons. The number of aromatic nitrogens is 8. The zero-order valence-corrected chi connectivity index (χ0v) is 17.6. The number of rotatable bonds is 6. The van der Waals surface area contributed by atoms with Gasteiger partial charge in [0.2, 0.25) is 17.1 Å². The number of aryl methyl sites for hydroxylation is 3. The molecule has 0 spiro atoms. The monoisotopic (exact) mass is 423 g/mol. The minimum atomic E-state index is 0.134. The van der Waals surface area contributed by atoms with Gasteiger partial charge in [-0.25, -0.2) is 9.36 Å². The van der Waals surface area contributed by atoms with Crippen molar-refractivity contribution in [3.05, 3.63) is 53.1 Å². The van der Waals surface area contributed by atoms with E-state index in [4.69, 9.17) is 11.6 Å². The van der Waals surface area contributed by atoms with Crippen LogP contribution in [0.2, 0.25) is 0 Å². The zero-order chi connectivity index (χ0) is 21.3. The summed E-state index contributed by atoms with van der Waals surface area (Å²) >= 11 is 1.34. The van der Waals surface area contributed by atoms with Crippen molar-refractivity contribution in [1.29, 1.82) is 0 Å². The van der Waals surface area contributed by atoms with Gasteiger partial charge >= 0.3 is 0 Å². The first kappa shape index (κ1) is 19.6. The Morgan fingerprint density at radius 1 is 1.07 bits per heavy atom. The molecule has 0 aliphatic carbocycles. The van der Waals surface area contributed by atoms with Crippen LogP contribution in [0.5, 0.6) is 0 Å². The van der Waals surface area contributed by atoms with Crippen LogP contribution in [-0.2, 0) is 5.75 Å². The lowest BCUT2D eigenvalue weighted by Gasteiger charge is -2.09. The second kappa shape index (κ2) is 7.99. The molecule has 0 saturated heterocycles. The van der Waals surface area contributed by atoms with Crippen LogP contribution in [0.4, 0.5) is 17.6 Å². The van der Waals surface area contributed by atoms with Crippen molar-refractivity contribution in [3.63, 3.8) is 0 Å². The van der Waals surface area contributed by atoms with Crippen molar-refractivity contribution in [2.24, 2.45) is 0 Å². The quantitative estimate of drug-likeness (QED) is 0.310. The van der Waals surface area contributed by atoms with Gasteiger partial charge in [-0.2, -0.15) is 20.1 Å². The van der Waals surface area contributed by atoms with Crippen molar-refractivity contribution < 1.29 is 0 Å². The van der Waals surface area contributed by atoms with Crippen LogP contribution in [0.15, 0.2) is 35.5 Å². The van der Waals surface area contributed by atoms with Gasteiger partial charge in [0.1, 0.15) is 5.82 Å². The van der Waals surface area contributed by atoms with Gasteiger partial charge in [0.25, 0.3) is 5.95 Å². The molecular weight excluding hydrogens is 402 g/mol. The van der Waals surface area contributed by atoms with Gasteiger partial charge < -0.3 is 16.9 Å². The Bertz CT molecular complexity index is 1200. The van der Waals surface area contributed by atoms with Crippen molar-refractivity contribution in [1.82, 2.24) is 39.6 Å². The first-order chi connectivity index (χ1) is 14.4. The summed E-state index contributed by atoms with van der Waals surface area (Å²) in [7, 11) is 0. The predicted octanol–water partition coefficient (Wildman–Crippen LogP) is 1.91. The van der Waals surface area contributed by atoms with Gasteiger partial charge in [-0.3, -0.25) is 0 Å². The fourth-order valence-electron chi connectivity index (χ4n) is 2.86. The number of nitrogens with one attached hydrogen (secondary N) is 1. The number of benzene rings is 1. The van der Waals surface area contributed by atoms with Crippen LogP contribution in [0, 0.1) is 20.8 Å². The van der Waals surface area contributed by atoms with E-state index in [9.17, 15) is 0 Å². The molecule has 1 aromatic carbocycles. The molecule has 11 nitrogen and oxygen atoms in total. The average Bonchev–Trinajstić information content (AvgIpc) is 3.22. The maximum absolute atomic E-state index is 6.18. The van der Waals surface area contributed by atoms with Gasteiger partial charge in [-0.15, -0.1) is 10.2 Å². The van der Waals surface area contributed by atoms with Gasteiger partial charge in [0.05, 0.1) is 11.4 Å². The van der Waals surface area contributed by atoms with E-state index < -0.39 is 0 Å². The standard InChI is InChI=1S/C18H21N11S/c1-10-6-4-5-7-13(10)21-16-23-14(22-15(19)24-16)9-30-18-26-25-17(28(18)20)29-12(3)8-11(2)27-29/h4-8H,9,20H2,1-3H3,(H3,19,21,22,23,24). The topological polar surface area (TPSA) is 151 Å². The minimum Gasteiger partial charge on any atom is -0.368 e. The number of para-hydroxylation sites is 1. The highest BCUT2D eigenvalue weighted by atomic mass is 32.2. The van der Waals surface area contributed by atoms with Crippen molar-refractivity contribution in [3.8, 4) is 5.95 Å². The van der Waals surface area contributed by atoms with E-state index in [-0.39, 0.29) is 5.95 Å². The van der Waals surface area contributed by atoms with E-state index in [1.807, 2.05) is 51.1 Å². The minimum absolute atomic E-state index is 0.134. The lowest BCUT2D eigenvalue weighted by Crippen LogP contribution is -2.17.